The Kier molecular flexibility index (Phi) is 5.03. The van der Waals surface area contributed by atoms with Gasteiger partial charge in [-0.25, -0.2) is 4.39 Å². The Balaban J connectivity index is 2.63. The van der Waals surface area contributed by atoms with Gasteiger partial charge in [0.2, 0.25) is 0 Å². The first-order valence-electron chi connectivity index (χ1n) is 7.39. The SMILES string of the molecule is COC(=O)[C@H]1C(=O)C[C@@](C)(O)[C@@H](C(=O)OC)[C@H]1c1ccc(F)cc1. The number of methoxy groups -OCH3 is 2. The molecule has 24 heavy (non-hydrogen) atoms. The number of ether oxygens (including phenoxy) is 2. The van der Waals surface area contributed by atoms with Crippen molar-refractivity contribution in [2.45, 2.75) is 24.9 Å². The van der Waals surface area contributed by atoms with Gasteiger partial charge < -0.3 is 14.6 Å². The number of carbonyl (C=O) groups excluding carboxylic acids is 3. The molecule has 1 aliphatic rings. The number of halogens is 1. The molecule has 130 valence electrons. The van der Waals surface area contributed by atoms with Crippen molar-refractivity contribution in [3.05, 3.63) is 35.6 Å². The zero-order valence-corrected chi connectivity index (χ0v) is 13.6. The fourth-order valence-electron chi connectivity index (χ4n) is 3.35. The molecular formula is C17H19FO6. The zero-order chi connectivity index (χ0) is 18.1. The van der Waals surface area contributed by atoms with Crippen molar-refractivity contribution in [2.24, 2.45) is 11.8 Å². The molecule has 0 heterocycles. The molecule has 2 rings (SSSR count). The smallest absolute Gasteiger partial charge is 0.316 e. The van der Waals surface area contributed by atoms with Crippen LogP contribution in [0.2, 0.25) is 0 Å². The minimum atomic E-state index is -1.70. The monoisotopic (exact) mass is 338 g/mol. The fraction of sp³-hybridized carbons (Fsp3) is 0.471. The molecular weight excluding hydrogens is 319 g/mol. The lowest BCUT2D eigenvalue weighted by Crippen LogP contribution is -2.55. The first kappa shape index (κ1) is 18.1. The highest BCUT2D eigenvalue weighted by molar-refractivity contribution is 6.02. The van der Waals surface area contributed by atoms with Gasteiger partial charge >= 0.3 is 11.9 Å². The van der Waals surface area contributed by atoms with Gasteiger partial charge in [-0.3, -0.25) is 14.4 Å². The molecule has 1 aliphatic carbocycles. The van der Waals surface area contributed by atoms with E-state index in [1.54, 1.807) is 0 Å². The molecule has 0 amide bonds. The van der Waals surface area contributed by atoms with E-state index in [9.17, 15) is 23.9 Å². The Hall–Kier alpha value is -2.28. The van der Waals surface area contributed by atoms with Crippen LogP contribution in [0.3, 0.4) is 0 Å². The van der Waals surface area contributed by atoms with Gasteiger partial charge in [-0.15, -0.1) is 0 Å². The summed E-state index contributed by atoms with van der Waals surface area (Å²) in [6.45, 7) is 1.34. The third-order valence-corrected chi connectivity index (χ3v) is 4.43. The minimum Gasteiger partial charge on any atom is -0.469 e. The van der Waals surface area contributed by atoms with Crippen LogP contribution < -0.4 is 0 Å². The van der Waals surface area contributed by atoms with Crippen molar-refractivity contribution in [1.29, 1.82) is 0 Å². The van der Waals surface area contributed by atoms with Gasteiger partial charge in [0.05, 0.1) is 25.7 Å². The second kappa shape index (κ2) is 6.68. The summed E-state index contributed by atoms with van der Waals surface area (Å²) < 4.78 is 22.7. The summed E-state index contributed by atoms with van der Waals surface area (Å²) in [6, 6.07) is 5.07. The number of hydrogen-bond donors (Lipinski definition) is 1. The molecule has 1 saturated carbocycles. The maximum atomic E-state index is 13.2. The number of benzene rings is 1. The summed E-state index contributed by atoms with van der Waals surface area (Å²) in [4.78, 5) is 36.9. The van der Waals surface area contributed by atoms with Crippen molar-refractivity contribution in [2.75, 3.05) is 14.2 Å². The van der Waals surface area contributed by atoms with Crippen LogP contribution >= 0.6 is 0 Å². The van der Waals surface area contributed by atoms with Crippen molar-refractivity contribution >= 4 is 17.7 Å². The largest absolute Gasteiger partial charge is 0.469 e. The fourth-order valence-corrected chi connectivity index (χ4v) is 3.35. The molecule has 0 bridgehead atoms. The maximum absolute atomic E-state index is 13.2. The van der Waals surface area contributed by atoms with Gasteiger partial charge in [0.25, 0.3) is 0 Å². The van der Waals surface area contributed by atoms with Gasteiger partial charge in [-0.2, -0.15) is 0 Å². The normalized spacial score (nSPS) is 29.9. The quantitative estimate of drug-likeness (QED) is 0.658. The molecule has 1 N–H and O–H groups in total. The first-order chi connectivity index (χ1) is 11.2. The highest BCUT2D eigenvalue weighted by Gasteiger charge is 2.56. The molecule has 1 aromatic rings. The van der Waals surface area contributed by atoms with Crippen LogP contribution in [0.1, 0.15) is 24.8 Å². The van der Waals surface area contributed by atoms with Crippen LogP contribution in [0.25, 0.3) is 0 Å². The number of aliphatic hydroxyl groups is 1. The molecule has 7 heteroatoms. The van der Waals surface area contributed by atoms with Gasteiger partial charge in [0, 0.05) is 12.3 Å². The first-order valence-corrected chi connectivity index (χ1v) is 7.39. The van der Waals surface area contributed by atoms with E-state index in [1.165, 1.54) is 19.1 Å². The van der Waals surface area contributed by atoms with Crippen LogP contribution in [-0.2, 0) is 23.9 Å². The Bertz CT molecular complexity index is 652. The van der Waals surface area contributed by atoms with Gasteiger partial charge in [-0.05, 0) is 24.6 Å². The van der Waals surface area contributed by atoms with Gasteiger partial charge in [0.1, 0.15) is 11.7 Å². The van der Waals surface area contributed by atoms with Crippen LogP contribution in [0.5, 0.6) is 0 Å². The van der Waals surface area contributed by atoms with Gasteiger partial charge in [0.15, 0.2) is 5.78 Å². The van der Waals surface area contributed by atoms with Gasteiger partial charge in [-0.1, -0.05) is 12.1 Å². The van der Waals surface area contributed by atoms with E-state index < -0.39 is 46.9 Å². The molecule has 0 radical (unpaired) electrons. The van der Waals surface area contributed by atoms with Crippen LogP contribution in [0.4, 0.5) is 4.39 Å². The maximum Gasteiger partial charge on any atom is 0.316 e. The molecule has 0 saturated heterocycles. The van der Waals surface area contributed by atoms with E-state index in [1.807, 2.05) is 0 Å². The highest BCUT2D eigenvalue weighted by Crippen LogP contribution is 2.46. The third-order valence-electron chi connectivity index (χ3n) is 4.43. The molecule has 0 spiro atoms. The molecule has 0 unspecified atom stereocenters. The van der Waals surface area contributed by atoms with E-state index in [0.717, 1.165) is 26.4 Å². The van der Waals surface area contributed by atoms with Crippen molar-refractivity contribution in [3.8, 4) is 0 Å². The lowest BCUT2D eigenvalue weighted by Gasteiger charge is -2.43. The predicted octanol–water partition coefficient (Wildman–Crippen LogP) is 1.21. The average Bonchev–Trinajstić information content (AvgIpc) is 2.53. The lowest BCUT2D eigenvalue weighted by atomic mass is 9.62. The van der Waals surface area contributed by atoms with E-state index >= 15 is 0 Å². The van der Waals surface area contributed by atoms with Crippen LogP contribution in [0.15, 0.2) is 24.3 Å². The standard InChI is InChI=1S/C17H19FO6/c1-17(22)8-11(19)13(15(20)23-2)12(14(17)16(21)24-3)9-4-6-10(18)7-5-9/h4-7,12-14,22H,8H2,1-3H3/t12-,13-,14+,17+/m0/s1. The molecule has 4 atom stereocenters. The number of carbonyl (C=O) groups is 3. The van der Waals surface area contributed by atoms with E-state index in [0.29, 0.717) is 5.56 Å². The molecule has 0 aliphatic heterocycles. The number of esters is 2. The predicted molar refractivity (Wildman–Crippen MR) is 80.4 cm³/mol. The molecule has 6 nitrogen and oxygen atoms in total. The summed E-state index contributed by atoms with van der Waals surface area (Å²) in [5.74, 6) is -6.06. The number of hydrogen-bond acceptors (Lipinski definition) is 6. The summed E-state index contributed by atoms with van der Waals surface area (Å²) in [6.07, 6.45) is -0.385. The Morgan fingerprint density at radius 2 is 1.71 bits per heavy atom. The summed E-state index contributed by atoms with van der Waals surface area (Å²) >= 11 is 0. The molecule has 1 fully saturated rings. The van der Waals surface area contributed by atoms with Crippen LogP contribution in [0, 0.1) is 17.7 Å². The number of Topliss-reactive ketones (excluding diaryl/α,β-unsaturated/α-hetero) is 1. The van der Waals surface area contributed by atoms with E-state index in [2.05, 4.69) is 0 Å². The number of rotatable bonds is 3. The van der Waals surface area contributed by atoms with Crippen molar-refractivity contribution in [3.63, 3.8) is 0 Å². The van der Waals surface area contributed by atoms with E-state index in [-0.39, 0.29) is 6.42 Å². The summed E-state index contributed by atoms with van der Waals surface area (Å²) in [5.41, 5.74) is -1.33. The Morgan fingerprint density at radius 3 is 2.21 bits per heavy atom. The minimum absolute atomic E-state index is 0.371. The zero-order valence-electron chi connectivity index (χ0n) is 13.6. The average molecular weight is 338 g/mol. The molecule has 1 aromatic carbocycles. The van der Waals surface area contributed by atoms with Crippen molar-refractivity contribution < 1.29 is 33.4 Å². The van der Waals surface area contributed by atoms with E-state index in [4.69, 9.17) is 9.47 Å². The summed E-state index contributed by atoms with van der Waals surface area (Å²) in [7, 11) is 2.29. The second-order valence-corrected chi connectivity index (χ2v) is 6.08. The lowest BCUT2D eigenvalue weighted by molar-refractivity contribution is -0.170. The summed E-state index contributed by atoms with van der Waals surface area (Å²) in [5, 5.41) is 10.6. The van der Waals surface area contributed by atoms with Crippen molar-refractivity contribution in [1.82, 2.24) is 0 Å². The molecule has 0 aromatic heterocycles. The van der Waals surface area contributed by atoms with Crippen LogP contribution in [-0.4, -0.2) is 42.6 Å². The third kappa shape index (κ3) is 3.17. The second-order valence-electron chi connectivity index (χ2n) is 6.08. The Labute approximate surface area is 138 Å². The Morgan fingerprint density at radius 1 is 1.17 bits per heavy atom. The number of ketones is 1. The highest BCUT2D eigenvalue weighted by atomic mass is 19.1. The topological polar surface area (TPSA) is 89.9 Å².